The molecule has 0 atom stereocenters. The number of aliphatic carboxylic acids is 1. The number of rotatable bonds is 5. The summed E-state index contributed by atoms with van der Waals surface area (Å²) >= 11 is 0. The zero-order valence-electron chi connectivity index (χ0n) is 10.6. The molecule has 1 aromatic rings. The Morgan fingerprint density at radius 2 is 1.89 bits per heavy atom. The van der Waals surface area contributed by atoms with Gasteiger partial charge in [-0.2, -0.15) is 8.42 Å². The molecule has 0 heterocycles. The molecule has 0 aromatic heterocycles. The van der Waals surface area contributed by atoms with Gasteiger partial charge in [-0.25, -0.2) is 0 Å². The van der Waals surface area contributed by atoms with Crippen LogP contribution in [0.4, 0.5) is 0 Å². The Morgan fingerprint density at radius 1 is 1.32 bits per heavy atom. The van der Waals surface area contributed by atoms with E-state index in [0.717, 1.165) is 5.56 Å². The van der Waals surface area contributed by atoms with Gasteiger partial charge in [0, 0.05) is 6.42 Å². The molecule has 104 valence electrons. The fraction of sp³-hybridized carbons (Fsp3) is 0.462. The normalized spacial score (nSPS) is 22.8. The Labute approximate surface area is 112 Å². The fourth-order valence-electron chi connectivity index (χ4n) is 2.11. The number of benzene rings is 1. The third-order valence-electron chi connectivity index (χ3n) is 3.23. The Hall–Kier alpha value is -1.40. The van der Waals surface area contributed by atoms with Gasteiger partial charge >= 0.3 is 5.97 Å². The van der Waals surface area contributed by atoms with E-state index < -0.39 is 22.2 Å². The summed E-state index contributed by atoms with van der Waals surface area (Å²) in [5, 5.41) is 8.61. The molecule has 0 bridgehead atoms. The van der Waals surface area contributed by atoms with Gasteiger partial charge in [-0.15, -0.1) is 0 Å². The van der Waals surface area contributed by atoms with Crippen molar-refractivity contribution in [2.45, 2.75) is 37.2 Å². The highest BCUT2D eigenvalue weighted by molar-refractivity contribution is 7.86. The molecule has 1 fully saturated rings. The number of carbonyl (C=O) groups is 1. The van der Waals surface area contributed by atoms with E-state index in [1.54, 1.807) is 12.1 Å². The molecule has 0 spiro atoms. The summed E-state index contributed by atoms with van der Waals surface area (Å²) in [5.41, 5.74) is 0.976. The van der Waals surface area contributed by atoms with Gasteiger partial charge in [-0.1, -0.05) is 17.7 Å². The zero-order chi connectivity index (χ0) is 14.0. The molecular formula is C13H16O5S. The monoisotopic (exact) mass is 284 g/mol. The van der Waals surface area contributed by atoms with E-state index in [-0.39, 0.29) is 17.2 Å². The summed E-state index contributed by atoms with van der Waals surface area (Å²) in [6.07, 6.45) is 0.648. The highest BCUT2D eigenvalue weighted by Gasteiger charge is 2.35. The van der Waals surface area contributed by atoms with Gasteiger partial charge in [0.1, 0.15) is 0 Å². The van der Waals surface area contributed by atoms with Crippen LogP contribution in [0.5, 0.6) is 0 Å². The molecule has 2 rings (SSSR count). The van der Waals surface area contributed by atoms with Crippen LogP contribution in [0.3, 0.4) is 0 Å². The topological polar surface area (TPSA) is 80.7 Å². The Balaban J connectivity index is 1.93. The van der Waals surface area contributed by atoms with Crippen LogP contribution in [-0.2, 0) is 19.1 Å². The van der Waals surface area contributed by atoms with Crippen LogP contribution in [0, 0.1) is 12.8 Å². The first-order chi connectivity index (χ1) is 8.87. The average Bonchev–Trinajstić information content (AvgIpc) is 2.26. The summed E-state index contributed by atoms with van der Waals surface area (Å²) in [5.74, 6) is -0.833. The smallest absolute Gasteiger partial charge is 0.303 e. The van der Waals surface area contributed by atoms with Crippen LogP contribution in [0.2, 0.25) is 0 Å². The van der Waals surface area contributed by atoms with Crippen LogP contribution < -0.4 is 0 Å². The lowest BCUT2D eigenvalue weighted by molar-refractivity contribution is -0.139. The van der Waals surface area contributed by atoms with Gasteiger partial charge < -0.3 is 5.11 Å². The lowest BCUT2D eigenvalue weighted by atomic mass is 9.80. The molecule has 1 N–H and O–H groups in total. The van der Waals surface area contributed by atoms with Crippen molar-refractivity contribution < 1.29 is 22.5 Å². The molecule has 6 heteroatoms. The third-order valence-corrected chi connectivity index (χ3v) is 4.60. The lowest BCUT2D eigenvalue weighted by Gasteiger charge is -2.33. The molecule has 0 unspecified atom stereocenters. The molecule has 0 aliphatic heterocycles. The predicted molar refractivity (Wildman–Crippen MR) is 68.2 cm³/mol. The van der Waals surface area contributed by atoms with Gasteiger partial charge in [0.05, 0.1) is 11.0 Å². The maximum absolute atomic E-state index is 11.9. The second-order valence-corrected chi connectivity index (χ2v) is 6.49. The molecule has 0 amide bonds. The van der Waals surface area contributed by atoms with E-state index in [1.807, 2.05) is 6.92 Å². The number of hydrogen-bond donors (Lipinski definition) is 1. The Kier molecular flexibility index (Phi) is 3.91. The van der Waals surface area contributed by atoms with Crippen molar-refractivity contribution in [1.29, 1.82) is 0 Å². The molecule has 5 nitrogen and oxygen atoms in total. The Morgan fingerprint density at radius 3 is 2.42 bits per heavy atom. The minimum absolute atomic E-state index is 0.0238. The molecule has 1 aliphatic rings. The molecule has 19 heavy (non-hydrogen) atoms. The molecule has 1 aliphatic carbocycles. The minimum Gasteiger partial charge on any atom is -0.481 e. The second kappa shape index (κ2) is 5.30. The van der Waals surface area contributed by atoms with Gasteiger partial charge in [-0.05, 0) is 37.8 Å². The molecular weight excluding hydrogens is 268 g/mol. The predicted octanol–water partition coefficient (Wildman–Crippen LogP) is 1.95. The van der Waals surface area contributed by atoms with E-state index in [9.17, 15) is 13.2 Å². The number of hydrogen-bond acceptors (Lipinski definition) is 4. The third kappa shape index (κ3) is 3.54. The van der Waals surface area contributed by atoms with Crippen molar-refractivity contribution in [3.8, 4) is 0 Å². The van der Waals surface area contributed by atoms with Crippen molar-refractivity contribution in [3.05, 3.63) is 29.8 Å². The van der Waals surface area contributed by atoms with Crippen LogP contribution >= 0.6 is 0 Å². The van der Waals surface area contributed by atoms with Crippen molar-refractivity contribution in [3.63, 3.8) is 0 Å². The van der Waals surface area contributed by atoms with Crippen LogP contribution in [0.15, 0.2) is 29.2 Å². The van der Waals surface area contributed by atoms with Crippen molar-refractivity contribution in [2.75, 3.05) is 0 Å². The number of aryl methyl sites for hydroxylation is 1. The van der Waals surface area contributed by atoms with Crippen molar-refractivity contribution in [2.24, 2.45) is 5.92 Å². The summed E-state index contributed by atoms with van der Waals surface area (Å²) in [6, 6.07) is 6.45. The van der Waals surface area contributed by atoms with Crippen LogP contribution in [0.1, 0.15) is 24.8 Å². The van der Waals surface area contributed by atoms with E-state index in [0.29, 0.717) is 12.8 Å². The standard InChI is InChI=1S/C13H16O5S/c1-9-2-4-12(5-3-9)19(16,17)18-11-6-10(7-11)8-13(14)15/h2-5,10-11H,6-8H2,1H3,(H,14,15). The Bertz CT molecular complexity index is 555. The first-order valence-electron chi connectivity index (χ1n) is 6.08. The maximum atomic E-state index is 11.9. The second-order valence-electron chi connectivity index (χ2n) is 4.92. The van der Waals surface area contributed by atoms with Crippen LogP contribution in [0.25, 0.3) is 0 Å². The molecule has 1 aromatic carbocycles. The van der Waals surface area contributed by atoms with Crippen LogP contribution in [-0.4, -0.2) is 25.6 Å². The fourth-order valence-corrected chi connectivity index (χ4v) is 3.20. The first-order valence-corrected chi connectivity index (χ1v) is 7.49. The molecule has 1 saturated carbocycles. The minimum atomic E-state index is -3.74. The van der Waals surface area contributed by atoms with Gasteiger partial charge in [0.2, 0.25) is 0 Å². The van der Waals surface area contributed by atoms with E-state index >= 15 is 0 Å². The highest BCUT2D eigenvalue weighted by atomic mass is 32.2. The highest BCUT2D eigenvalue weighted by Crippen LogP contribution is 2.34. The van der Waals surface area contributed by atoms with E-state index in [4.69, 9.17) is 9.29 Å². The SMILES string of the molecule is Cc1ccc(S(=O)(=O)OC2CC(CC(=O)O)C2)cc1. The van der Waals surface area contributed by atoms with Crippen molar-refractivity contribution >= 4 is 16.1 Å². The van der Waals surface area contributed by atoms with E-state index in [1.165, 1.54) is 12.1 Å². The van der Waals surface area contributed by atoms with Crippen molar-refractivity contribution in [1.82, 2.24) is 0 Å². The summed E-state index contributed by atoms with van der Waals surface area (Å²) < 4.78 is 29.0. The summed E-state index contributed by atoms with van der Waals surface area (Å²) in [6.45, 7) is 1.87. The van der Waals surface area contributed by atoms with Gasteiger partial charge in [-0.3, -0.25) is 8.98 Å². The van der Waals surface area contributed by atoms with Gasteiger partial charge in [0.25, 0.3) is 10.1 Å². The van der Waals surface area contributed by atoms with Gasteiger partial charge in [0.15, 0.2) is 0 Å². The van der Waals surface area contributed by atoms with E-state index in [2.05, 4.69) is 0 Å². The quantitative estimate of drug-likeness (QED) is 0.836. The number of carboxylic acid groups (broad SMARTS) is 1. The summed E-state index contributed by atoms with van der Waals surface area (Å²) in [7, 11) is -3.74. The summed E-state index contributed by atoms with van der Waals surface area (Å²) in [4.78, 5) is 10.6. The zero-order valence-corrected chi connectivity index (χ0v) is 11.4. The largest absolute Gasteiger partial charge is 0.481 e. The number of carboxylic acids is 1. The lowest BCUT2D eigenvalue weighted by Crippen LogP contribution is -2.34. The average molecular weight is 284 g/mol. The molecule has 0 saturated heterocycles. The maximum Gasteiger partial charge on any atom is 0.303 e. The molecule has 0 radical (unpaired) electrons. The first kappa shape index (κ1) is 14.0.